The molecule has 1 unspecified atom stereocenters. The summed E-state index contributed by atoms with van der Waals surface area (Å²) in [7, 11) is 0. The summed E-state index contributed by atoms with van der Waals surface area (Å²) in [5.74, 6) is 0. The summed E-state index contributed by atoms with van der Waals surface area (Å²) in [6.45, 7) is 7.95. The van der Waals surface area contributed by atoms with Crippen LogP contribution in [-0.4, -0.2) is 6.54 Å². The Morgan fingerprint density at radius 3 is 2.38 bits per heavy atom. The highest BCUT2D eigenvalue weighted by atomic mass is 35.5. The van der Waals surface area contributed by atoms with Crippen molar-refractivity contribution in [3.8, 4) is 0 Å². The largest absolute Gasteiger partial charge is 0.307 e. The number of halogens is 1. The number of rotatable bonds is 2. The molecule has 0 aliphatic carbocycles. The summed E-state index contributed by atoms with van der Waals surface area (Å²) in [6, 6.07) is 8.21. The van der Waals surface area contributed by atoms with Gasteiger partial charge in [-0.1, -0.05) is 50.6 Å². The Kier molecular flexibility index (Phi) is 3.02. The van der Waals surface area contributed by atoms with Gasteiger partial charge in [0.1, 0.15) is 0 Å². The third kappa shape index (κ3) is 2.26. The number of nitrogens with one attached hydrogen (secondary N) is 1. The molecule has 0 amide bonds. The van der Waals surface area contributed by atoms with E-state index >= 15 is 0 Å². The lowest BCUT2D eigenvalue weighted by Gasteiger charge is -2.47. The standard InChI is InChI=1S/C14H20ClN/c1-13(2,3)10-14(8-9-16-14)11-6-4-5-7-12(11)15/h4-7,16H,8-10H2,1-3H3. The van der Waals surface area contributed by atoms with Gasteiger partial charge in [0.05, 0.1) is 0 Å². The third-order valence-electron chi connectivity index (χ3n) is 3.24. The topological polar surface area (TPSA) is 12.0 Å². The van der Waals surface area contributed by atoms with Gasteiger partial charge in [-0.3, -0.25) is 0 Å². The molecular formula is C14H20ClN. The van der Waals surface area contributed by atoms with Crippen LogP contribution in [0.25, 0.3) is 0 Å². The van der Waals surface area contributed by atoms with Gasteiger partial charge in [-0.25, -0.2) is 0 Å². The molecule has 1 nitrogen and oxygen atoms in total. The second-order valence-electron chi connectivity index (χ2n) is 5.98. The highest BCUT2D eigenvalue weighted by Gasteiger charge is 2.42. The van der Waals surface area contributed by atoms with Gasteiger partial charge in [0.15, 0.2) is 0 Å². The van der Waals surface area contributed by atoms with Crippen molar-refractivity contribution >= 4 is 11.6 Å². The average Bonchev–Trinajstić information content (AvgIpc) is 2.11. The summed E-state index contributed by atoms with van der Waals surface area (Å²) in [6.07, 6.45) is 2.32. The van der Waals surface area contributed by atoms with E-state index in [2.05, 4.69) is 38.2 Å². The van der Waals surface area contributed by atoms with E-state index < -0.39 is 0 Å². The van der Waals surface area contributed by atoms with E-state index in [1.54, 1.807) is 0 Å². The molecule has 1 N–H and O–H groups in total. The molecule has 1 saturated heterocycles. The average molecular weight is 238 g/mol. The van der Waals surface area contributed by atoms with Crippen molar-refractivity contribution in [2.24, 2.45) is 5.41 Å². The molecule has 2 heteroatoms. The third-order valence-corrected chi connectivity index (χ3v) is 3.57. The molecule has 1 fully saturated rings. The van der Waals surface area contributed by atoms with E-state index in [0.29, 0.717) is 5.41 Å². The summed E-state index contributed by atoms with van der Waals surface area (Å²) < 4.78 is 0. The van der Waals surface area contributed by atoms with Gasteiger partial charge in [0, 0.05) is 10.6 Å². The second kappa shape index (κ2) is 4.05. The molecule has 1 atom stereocenters. The monoisotopic (exact) mass is 237 g/mol. The predicted octanol–water partition coefficient (Wildman–Crippen LogP) is 3.96. The molecule has 0 spiro atoms. The van der Waals surface area contributed by atoms with Crippen LogP contribution in [-0.2, 0) is 5.54 Å². The predicted molar refractivity (Wildman–Crippen MR) is 69.8 cm³/mol. The number of hydrogen-bond acceptors (Lipinski definition) is 1. The molecule has 16 heavy (non-hydrogen) atoms. The molecule has 1 aromatic carbocycles. The van der Waals surface area contributed by atoms with Gasteiger partial charge in [-0.15, -0.1) is 0 Å². The van der Waals surface area contributed by atoms with Crippen molar-refractivity contribution in [1.82, 2.24) is 5.32 Å². The first kappa shape index (κ1) is 11.9. The van der Waals surface area contributed by atoms with Gasteiger partial charge in [0.2, 0.25) is 0 Å². The van der Waals surface area contributed by atoms with Gasteiger partial charge in [0.25, 0.3) is 0 Å². The van der Waals surface area contributed by atoms with E-state index in [9.17, 15) is 0 Å². The Bertz CT molecular complexity index is 375. The van der Waals surface area contributed by atoms with Crippen LogP contribution in [0.1, 0.15) is 39.2 Å². The van der Waals surface area contributed by atoms with Crippen molar-refractivity contribution < 1.29 is 0 Å². The summed E-state index contributed by atoms with van der Waals surface area (Å²) in [5, 5.41) is 4.48. The quantitative estimate of drug-likeness (QED) is 0.821. The SMILES string of the molecule is CC(C)(C)CC1(c2ccccc2Cl)CCN1. The summed E-state index contributed by atoms with van der Waals surface area (Å²) in [5.41, 5.74) is 1.68. The van der Waals surface area contributed by atoms with Crippen LogP contribution in [0.15, 0.2) is 24.3 Å². The lowest BCUT2D eigenvalue weighted by molar-refractivity contribution is 0.132. The Morgan fingerprint density at radius 2 is 1.94 bits per heavy atom. The molecule has 0 saturated carbocycles. The van der Waals surface area contributed by atoms with Crippen molar-refractivity contribution in [2.75, 3.05) is 6.54 Å². The van der Waals surface area contributed by atoms with E-state index in [4.69, 9.17) is 11.6 Å². The first-order valence-corrected chi connectivity index (χ1v) is 6.31. The van der Waals surface area contributed by atoms with Gasteiger partial charge in [-0.05, 0) is 36.4 Å². The molecule has 1 heterocycles. The van der Waals surface area contributed by atoms with E-state index in [1.165, 1.54) is 12.0 Å². The second-order valence-corrected chi connectivity index (χ2v) is 6.38. The number of hydrogen-bond donors (Lipinski definition) is 1. The van der Waals surface area contributed by atoms with Crippen LogP contribution in [0.5, 0.6) is 0 Å². The molecule has 0 aromatic heterocycles. The maximum atomic E-state index is 6.31. The van der Waals surface area contributed by atoms with Crippen LogP contribution in [0.3, 0.4) is 0 Å². The lowest BCUT2D eigenvalue weighted by Crippen LogP contribution is -2.55. The highest BCUT2D eigenvalue weighted by molar-refractivity contribution is 6.31. The number of benzene rings is 1. The Hall–Kier alpha value is -0.530. The normalized spacial score (nSPS) is 25.2. The zero-order chi connectivity index (χ0) is 11.8. The first-order valence-electron chi connectivity index (χ1n) is 5.93. The Balaban J connectivity index is 2.32. The van der Waals surface area contributed by atoms with E-state index in [-0.39, 0.29) is 5.54 Å². The Morgan fingerprint density at radius 1 is 1.31 bits per heavy atom. The van der Waals surface area contributed by atoms with E-state index in [0.717, 1.165) is 18.0 Å². The minimum absolute atomic E-state index is 0.108. The summed E-state index contributed by atoms with van der Waals surface area (Å²) >= 11 is 6.31. The van der Waals surface area contributed by atoms with Gasteiger partial charge in [-0.2, -0.15) is 0 Å². The molecule has 1 aliphatic heterocycles. The van der Waals surface area contributed by atoms with Crippen molar-refractivity contribution in [3.05, 3.63) is 34.9 Å². The van der Waals surface area contributed by atoms with Crippen molar-refractivity contribution in [3.63, 3.8) is 0 Å². The minimum atomic E-state index is 0.108. The maximum absolute atomic E-state index is 6.31. The van der Waals surface area contributed by atoms with Crippen molar-refractivity contribution in [2.45, 2.75) is 39.2 Å². The fourth-order valence-corrected chi connectivity index (χ4v) is 2.97. The van der Waals surface area contributed by atoms with Crippen LogP contribution in [0, 0.1) is 5.41 Å². The zero-order valence-corrected chi connectivity index (χ0v) is 11.1. The van der Waals surface area contributed by atoms with Crippen LogP contribution < -0.4 is 5.32 Å². The van der Waals surface area contributed by atoms with E-state index in [1.807, 2.05) is 12.1 Å². The van der Waals surface area contributed by atoms with Crippen LogP contribution in [0.2, 0.25) is 5.02 Å². The Labute approximate surface area is 103 Å². The molecule has 0 bridgehead atoms. The maximum Gasteiger partial charge on any atom is 0.0466 e. The fourth-order valence-electron chi connectivity index (χ4n) is 2.66. The first-order chi connectivity index (χ1) is 7.43. The van der Waals surface area contributed by atoms with Gasteiger partial charge < -0.3 is 5.32 Å². The van der Waals surface area contributed by atoms with Crippen LogP contribution in [0.4, 0.5) is 0 Å². The minimum Gasteiger partial charge on any atom is -0.307 e. The van der Waals surface area contributed by atoms with Crippen molar-refractivity contribution in [1.29, 1.82) is 0 Å². The molecule has 1 aliphatic rings. The molecule has 2 rings (SSSR count). The molecule has 0 radical (unpaired) electrons. The molecule has 1 aromatic rings. The van der Waals surface area contributed by atoms with Gasteiger partial charge >= 0.3 is 0 Å². The lowest BCUT2D eigenvalue weighted by atomic mass is 9.70. The fraction of sp³-hybridized carbons (Fsp3) is 0.571. The molecular weight excluding hydrogens is 218 g/mol. The zero-order valence-electron chi connectivity index (χ0n) is 10.3. The van der Waals surface area contributed by atoms with Crippen LogP contribution >= 0.6 is 11.6 Å². The summed E-state index contributed by atoms with van der Waals surface area (Å²) in [4.78, 5) is 0. The molecule has 88 valence electrons. The highest BCUT2D eigenvalue weighted by Crippen LogP contribution is 2.43. The smallest absolute Gasteiger partial charge is 0.0466 e.